The molecule has 0 unspecified atom stereocenters. The molecule has 0 atom stereocenters. The smallest absolute Gasteiger partial charge is 0.195 e. The summed E-state index contributed by atoms with van der Waals surface area (Å²) in [6, 6.07) is 6.86. The molecule has 1 fully saturated rings. The van der Waals surface area contributed by atoms with Gasteiger partial charge in [-0.25, -0.2) is 4.39 Å². The molecule has 0 aromatic heterocycles. The van der Waals surface area contributed by atoms with Gasteiger partial charge in [-0.05, 0) is 30.5 Å². The number of aliphatic imine (C=N–C) groups is 1. The van der Waals surface area contributed by atoms with Gasteiger partial charge in [-0.2, -0.15) is 0 Å². The van der Waals surface area contributed by atoms with E-state index in [1.165, 1.54) is 17.7 Å². The number of nitrogens with zero attached hydrogens (tertiary/aromatic N) is 3. The van der Waals surface area contributed by atoms with Crippen LogP contribution in [0.2, 0.25) is 0 Å². The Kier molecular flexibility index (Phi) is 5.79. The average Bonchev–Trinajstić information content (AvgIpc) is 3.10. The number of benzene rings is 1. The van der Waals surface area contributed by atoms with Crippen LogP contribution in [-0.2, 0) is 5.41 Å². The number of halogens is 2. The molecular weight excluding hydrogens is 368 g/mol. The molecule has 20 heavy (non-hydrogen) atoms. The standard InChI is InChI=1S/C15H22FN3.HI/c1-18(2)14(19(3)4)17-11-15(9-10-15)12-5-7-13(16)8-6-12;/h5-8H,9-11H2,1-4H3;1H. The van der Waals surface area contributed by atoms with E-state index >= 15 is 0 Å². The molecule has 0 saturated heterocycles. The summed E-state index contributed by atoms with van der Waals surface area (Å²) in [5.41, 5.74) is 1.33. The topological polar surface area (TPSA) is 18.8 Å². The number of hydrogen-bond acceptors (Lipinski definition) is 1. The van der Waals surface area contributed by atoms with Crippen molar-refractivity contribution >= 4 is 29.9 Å². The van der Waals surface area contributed by atoms with E-state index in [0.29, 0.717) is 0 Å². The van der Waals surface area contributed by atoms with Crippen molar-refractivity contribution in [2.75, 3.05) is 34.7 Å². The monoisotopic (exact) mass is 391 g/mol. The fraction of sp³-hybridized carbons (Fsp3) is 0.533. The van der Waals surface area contributed by atoms with Crippen molar-refractivity contribution in [1.82, 2.24) is 9.80 Å². The van der Waals surface area contributed by atoms with E-state index < -0.39 is 0 Å². The van der Waals surface area contributed by atoms with Gasteiger partial charge in [0.05, 0.1) is 6.54 Å². The highest BCUT2D eigenvalue weighted by Crippen LogP contribution is 2.48. The maximum absolute atomic E-state index is 13.0. The van der Waals surface area contributed by atoms with Crippen molar-refractivity contribution in [3.63, 3.8) is 0 Å². The molecule has 0 aliphatic heterocycles. The van der Waals surface area contributed by atoms with Crippen molar-refractivity contribution in [3.8, 4) is 0 Å². The Morgan fingerprint density at radius 3 is 2.00 bits per heavy atom. The first-order chi connectivity index (χ1) is 8.94. The van der Waals surface area contributed by atoms with E-state index in [2.05, 4.69) is 0 Å². The van der Waals surface area contributed by atoms with Crippen molar-refractivity contribution in [3.05, 3.63) is 35.6 Å². The van der Waals surface area contributed by atoms with Crippen LogP contribution in [0.1, 0.15) is 18.4 Å². The van der Waals surface area contributed by atoms with E-state index in [1.807, 2.05) is 50.1 Å². The first-order valence-corrected chi connectivity index (χ1v) is 6.60. The molecule has 0 amide bonds. The number of guanidine groups is 1. The third-order valence-electron chi connectivity index (χ3n) is 3.63. The molecule has 5 heteroatoms. The zero-order chi connectivity index (χ0) is 14.0. The predicted octanol–water partition coefficient (Wildman–Crippen LogP) is 2.95. The summed E-state index contributed by atoms with van der Waals surface area (Å²) in [5, 5.41) is 0. The fourth-order valence-electron chi connectivity index (χ4n) is 2.40. The molecule has 0 radical (unpaired) electrons. The highest BCUT2D eigenvalue weighted by Gasteiger charge is 2.44. The van der Waals surface area contributed by atoms with Gasteiger partial charge < -0.3 is 9.80 Å². The summed E-state index contributed by atoms with van der Waals surface area (Å²) in [6.45, 7) is 0.768. The third kappa shape index (κ3) is 3.84. The fourth-order valence-corrected chi connectivity index (χ4v) is 2.40. The lowest BCUT2D eigenvalue weighted by molar-refractivity contribution is 0.476. The SMILES string of the molecule is CN(C)C(=NCC1(c2ccc(F)cc2)CC1)N(C)C.I. The lowest BCUT2D eigenvalue weighted by atomic mass is 9.96. The van der Waals surface area contributed by atoms with E-state index in [-0.39, 0.29) is 35.2 Å². The van der Waals surface area contributed by atoms with Gasteiger partial charge in [0.15, 0.2) is 5.96 Å². The second kappa shape index (κ2) is 6.74. The van der Waals surface area contributed by atoms with E-state index in [4.69, 9.17) is 4.99 Å². The van der Waals surface area contributed by atoms with Crippen LogP contribution in [0.4, 0.5) is 4.39 Å². The minimum absolute atomic E-state index is 0. The van der Waals surface area contributed by atoms with Gasteiger partial charge in [0.1, 0.15) is 5.82 Å². The Labute approximate surface area is 137 Å². The van der Waals surface area contributed by atoms with Gasteiger partial charge in [0.2, 0.25) is 0 Å². The Hall–Kier alpha value is -0.850. The van der Waals surface area contributed by atoms with E-state index in [9.17, 15) is 4.39 Å². The molecule has 1 saturated carbocycles. The molecule has 0 N–H and O–H groups in total. The minimum Gasteiger partial charge on any atom is -0.349 e. The maximum atomic E-state index is 13.0. The molecule has 1 aromatic rings. The van der Waals surface area contributed by atoms with Crippen molar-refractivity contribution < 1.29 is 4.39 Å². The molecule has 0 heterocycles. The maximum Gasteiger partial charge on any atom is 0.195 e. The lowest BCUT2D eigenvalue weighted by Gasteiger charge is -2.24. The highest BCUT2D eigenvalue weighted by atomic mass is 127. The molecule has 1 aliphatic rings. The van der Waals surface area contributed by atoms with Gasteiger partial charge in [-0.15, -0.1) is 24.0 Å². The van der Waals surface area contributed by atoms with Crippen molar-refractivity contribution in [2.24, 2.45) is 4.99 Å². The summed E-state index contributed by atoms with van der Waals surface area (Å²) in [4.78, 5) is 8.76. The molecule has 0 bridgehead atoms. The molecule has 0 spiro atoms. The Morgan fingerprint density at radius 1 is 1.10 bits per heavy atom. The summed E-state index contributed by atoms with van der Waals surface area (Å²) >= 11 is 0. The average molecular weight is 391 g/mol. The molecule has 112 valence electrons. The van der Waals surface area contributed by atoms with Crippen LogP contribution in [0.15, 0.2) is 29.3 Å². The molecule has 2 rings (SSSR count). The third-order valence-corrected chi connectivity index (χ3v) is 3.63. The zero-order valence-electron chi connectivity index (χ0n) is 12.6. The largest absolute Gasteiger partial charge is 0.349 e. The predicted molar refractivity (Wildman–Crippen MR) is 92.4 cm³/mol. The van der Waals surface area contributed by atoms with Crippen LogP contribution in [0.25, 0.3) is 0 Å². The molecule has 1 aromatic carbocycles. The van der Waals surface area contributed by atoms with Crippen LogP contribution >= 0.6 is 24.0 Å². The van der Waals surface area contributed by atoms with Gasteiger partial charge in [-0.3, -0.25) is 4.99 Å². The number of hydrogen-bond donors (Lipinski definition) is 0. The second-order valence-corrected chi connectivity index (χ2v) is 5.69. The van der Waals surface area contributed by atoms with Crippen LogP contribution in [0.3, 0.4) is 0 Å². The quantitative estimate of drug-likeness (QED) is 0.448. The molecule has 3 nitrogen and oxygen atoms in total. The highest BCUT2D eigenvalue weighted by molar-refractivity contribution is 14.0. The van der Waals surface area contributed by atoms with Crippen LogP contribution < -0.4 is 0 Å². The lowest BCUT2D eigenvalue weighted by Crippen LogP contribution is -2.36. The minimum atomic E-state index is -0.176. The van der Waals surface area contributed by atoms with Crippen LogP contribution in [0, 0.1) is 5.82 Å². The molecular formula is C15H23FIN3. The Morgan fingerprint density at radius 2 is 1.60 bits per heavy atom. The first-order valence-electron chi connectivity index (χ1n) is 6.60. The van der Waals surface area contributed by atoms with E-state index in [1.54, 1.807) is 0 Å². The molecule has 1 aliphatic carbocycles. The normalized spacial score (nSPS) is 15.1. The van der Waals surface area contributed by atoms with Gasteiger partial charge in [0.25, 0.3) is 0 Å². The van der Waals surface area contributed by atoms with Crippen LogP contribution in [0.5, 0.6) is 0 Å². The van der Waals surface area contributed by atoms with Gasteiger partial charge in [0, 0.05) is 33.6 Å². The van der Waals surface area contributed by atoms with Crippen molar-refractivity contribution in [2.45, 2.75) is 18.3 Å². The second-order valence-electron chi connectivity index (χ2n) is 5.69. The van der Waals surface area contributed by atoms with E-state index in [0.717, 1.165) is 25.3 Å². The summed E-state index contributed by atoms with van der Waals surface area (Å²) in [7, 11) is 7.99. The summed E-state index contributed by atoms with van der Waals surface area (Å²) < 4.78 is 13.0. The summed E-state index contributed by atoms with van der Waals surface area (Å²) in [5.74, 6) is 0.790. The van der Waals surface area contributed by atoms with Crippen molar-refractivity contribution in [1.29, 1.82) is 0 Å². The Balaban J connectivity index is 0.00000200. The Bertz CT molecular complexity index is 455. The van der Waals surface area contributed by atoms with Crippen LogP contribution in [-0.4, -0.2) is 50.5 Å². The summed E-state index contributed by atoms with van der Waals surface area (Å²) in [6.07, 6.45) is 2.27. The van der Waals surface area contributed by atoms with Gasteiger partial charge >= 0.3 is 0 Å². The first kappa shape index (κ1) is 17.2. The zero-order valence-corrected chi connectivity index (χ0v) is 14.9. The number of rotatable bonds is 3. The van der Waals surface area contributed by atoms with Gasteiger partial charge in [-0.1, -0.05) is 12.1 Å².